The lowest BCUT2D eigenvalue weighted by molar-refractivity contribution is 0.103. The molecule has 0 aromatic carbocycles. The zero-order valence-electron chi connectivity index (χ0n) is 12.2. The summed E-state index contributed by atoms with van der Waals surface area (Å²) >= 11 is 7.37. The molecule has 0 fully saturated rings. The normalized spacial score (nSPS) is 10.5. The molecule has 7 nitrogen and oxygen atoms in total. The van der Waals surface area contributed by atoms with Gasteiger partial charge in [0.2, 0.25) is 0 Å². The van der Waals surface area contributed by atoms with E-state index in [2.05, 4.69) is 25.7 Å². The van der Waals surface area contributed by atoms with Crippen LogP contribution in [0.5, 0.6) is 0 Å². The van der Waals surface area contributed by atoms with E-state index in [0.29, 0.717) is 26.5 Å². The van der Waals surface area contributed by atoms with Crippen molar-refractivity contribution in [3.63, 3.8) is 0 Å². The molecule has 3 heterocycles. The SMILES string of the molecule is CCNc1ncc(C(=O)Nc2cnn(-c3ncccc3Cl)c2)s1. The summed E-state index contributed by atoms with van der Waals surface area (Å²) in [4.78, 5) is 21.0. The Kier molecular flexibility index (Phi) is 4.54. The van der Waals surface area contributed by atoms with Crippen LogP contribution < -0.4 is 10.6 Å². The Morgan fingerprint density at radius 2 is 2.26 bits per heavy atom. The predicted octanol–water partition coefficient (Wildman–Crippen LogP) is 3.06. The van der Waals surface area contributed by atoms with Crippen molar-refractivity contribution in [2.75, 3.05) is 17.2 Å². The second-order valence-corrected chi connectivity index (χ2v) is 5.93. The van der Waals surface area contributed by atoms with E-state index in [1.165, 1.54) is 28.4 Å². The molecule has 0 aliphatic heterocycles. The molecule has 0 aliphatic carbocycles. The van der Waals surface area contributed by atoms with Crippen LogP contribution >= 0.6 is 22.9 Å². The zero-order chi connectivity index (χ0) is 16.2. The van der Waals surface area contributed by atoms with Gasteiger partial charge in [-0.1, -0.05) is 22.9 Å². The number of carbonyl (C=O) groups is 1. The fourth-order valence-corrected chi connectivity index (χ4v) is 2.84. The highest BCUT2D eigenvalue weighted by Crippen LogP contribution is 2.21. The molecule has 3 aromatic rings. The van der Waals surface area contributed by atoms with Crippen LogP contribution in [0.2, 0.25) is 5.02 Å². The van der Waals surface area contributed by atoms with E-state index in [1.54, 1.807) is 24.5 Å². The van der Waals surface area contributed by atoms with Crippen molar-refractivity contribution in [3.8, 4) is 5.82 Å². The highest BCUT2D eigenvalue weighted by atomic mass is 35.5. The molecular formula is C14H13ClN6OS. The number of anilines is 2. The summed E-state index contributed by atoms with van der Waals surface area (Å²) in [5.41, 5.74) is 0.551. The third-order valence-electron chi connectivity index (χ3n) is 2.85. The van der Waals surface area contributed by atoms with Gasteiger partial charge in [-0.05, 0) is 19.1 Å². The van der Waals surface area contributed by atoms with Crippen molar-refractivity contribution in [1.29, 1.82) is 0 Å². The number of hydrogen-bond donors (Lipinski definition) is 2. The third kappa shape index (κ3) is 3.49. The summed E-state index contributed by atoms with van der Waals surface area (Å²) in [6.45, 7) is 2.73. The number of rotatable bonds is 5. The summed E-state index contributed by atoms with van der Waals surface area (Å²) in [5.74, 6) is 0.264. The Morgan fingerprint density at radius 1 is 1.39 bits per heavy atom. The molecule has 3 rings (SSSR count). The summed E-state index contributed by atoms with van der Waals surface area (Å²) in [6.07, 6.45) is 6.35. The van der Waals surface area contributed by atoms with Crippen molar-refractivity contribution < 1.29 is 4.79 Å². The molecule has 9 heteroatoms. The van der Waals surface area contributed by atoms with Gasteiger partial charge in [0.15, 0.2) is 10.9 Å². The van der Waals surface area contributed by atoms with Crippen LogP contribution in [0.4, 0.5) is 10.8 Å². The van der Waals surface area contributed by atoms with Gasteiger partial charge in [-0.2, -0.15) is 5.10 Å². The topological polar surface area (TPSA) is 84.7 Å². The standard InChI is InChI=1S/C14H13ClN6OS/c1-2-16-14-18-7-11(23-14)13(22)20-9-6-19-21(8-9)12-10(15)4-3-5-17-12/h3-8H,2H2,1H3,(H,16,18)(H,20,22). The van der Waals surface area contributed by atoms with Crippen molar-refractivity contribution in [2.24, 2.45) is 0 Å². The average Bonchev–Trinajstić information content (AvgIpc) is 3.18. The Hall–Kier alpha value is -2.45. The second-order valence-electron chi connectivity index (χ2n) is 4.50. The first-order valence-corrected chi connectivity index (χ1v) is 8.03. The number of aromatic nitrogens is 4. The van der Waals surface area contributed by atoms with Gasteiger partial charge in [-0.15, -0.1) is 0 Å². The van der Waals surface area contributed by atoms with E-state index >= 15 is 0 Å². The highest BCUT2D eigenvalue weighted by Gasteiger charge is 2.12. The largest absolute Gasteiger partial charge is 0.362 e. The molecule has 23 heavy (non-hydrogen) atoms. The smallest absolute Gasteiger partial charge is 0.267 e. The molecule has 0 saturated carbocycles. The fourth-order valence-electron chi connectivity index (χ4n) is 1.85. The molecule has 3 aromatic heterocycles. The number of hydrogen-bond acceptors (Lipinski definition) is 6. The molecule has 2 N–H and O–H groups in total. The summed E-state index contributed by atoms with van der Waals surface area (Å²) in [7, 11) is 0. The van der Waals surface area contributed by atoms with Crippen LogP contribution in [-0.4, -0.2) is 32.2 Å². The molecule has 0 unspecified atom stereocenters. The summed E-state index contributed by atoms with van der Waals surface area (Å²) in [5, 5.41) is 11.2. The minimum atomic E-state index is -0.238. The van der Waals surface area contributed by atoms with Crippen LogP contribution in [0.1, 0.15) is 16.6 Å². The molecule has 118 valence electrons. The minimum Gasteiger partial charge on any atom is -0.362 e. The number of nitrogens with one attached hydrogen (secondary N) is 2. The maximum absolute atomic E-state index is 12.2. The van der Waals surface area contributed by atoms with Crippen LogP contribution in [-0.2, 0) is 0 Å². The van der Waals surface area contributed by atoms with E-state index in [1.807, 2.05) is 6.92 Å². The van der Waals surface area contributed by atoms with E-state index in [-0.39, 0.29) is 5.91 Å². The Morgan fingerprint density at radius 3 is 3.04 bits per heavy atom. The Balaban J connectivity index is 1.73. The number of nitrogens with zero attached hydrogens (tertiary/aromatic N) is 4. The number of pyridine rings is 1. The van der Waals surface area contributed by atoms with E-state index in [9.17, 15) is 4.79 Å². The molecule has 0 saturated heterocycles. The van der Waals surface area contributed by atoms with Crippen LogP contribution in [0.15, 0.2) is 36.9 Å². The van der Waals surface area contributed by atoms with Gasteiger partial charge in [-0.3, -0.25) is 4.79 Å². The number of amides is 1. The molecule has 1 amide bonds. The van der Waals surface area contributed by atoms with Gasteiger partial charge in [0.25, 0.3) is 5.91 Å². The Labute approximate surface area is 141 Å². The predicted molar refractivity (Wildman–Crippen MR) is 90.6 cm³/mol. The molecule has 0 spiro atoms. The van der Waals surface area contributed by atoms with Crippen molar-refractivity contribution in [1.82, 2.24) is 19.7 Å². The number of carbonyl (C=O) groups excluding carboxylic acids is 1. The Bertz CT molecular complexity index is 830. The van der Waals surface area contributed by atoms with Gasteiger partial charge in [0.1, 0.15) is 4.88 Å². The van der Waals surface area contributed by atoms with Gasteiger partial charge in [-0.25, -0.2) is 14.6 Å². The van der Waals surface area contributed by atoms with Gasteiger partial charge in [0, 0.05) is 12.7 Å². The lowest BCUT2D eigenvalue weighted by Crippen LogP contribution is -2.09. The maximum Gasteiger partial charge on any atom is 0.267 e. The first-order chi connectivity index (χ1) is 11.2. The molecular weight excluding hydrogens is 336 g/mol. The quantitative estimate of drug-likeness (QED) is 0.740. The first-order valence-electron chi connectivity index (χ1n) is 6.84. The fraction of sp³-hybridized carbons (Fsp3) is 0.143. The second kappa shape index (κ2) is 6.76. The van der Waals surface area contributed by atoms with Gasteiger partial charge >= 0.3 is 0 Å². The summed E-state index contributed by atoms with van der Waals surface area (Å²) in [6, 6.07) is 3.47. The van der Waals surface area contributed by atoms with E-state index < -0.39 is 0 Å². The highest BCUT2D eigenvalue weighted by molar-refractivity contribution is 7.17. The van der Waals surface area contributed by atoms with Gasteiger partial charge in [0.05, 0.1) is 29.3 Å². The van der Waals surface area contributed by atoms with E-state index in [4.69, 9.17) is 11.6 Å². The number of thiazole rings is 1. The van der Waals surface area contributed by atoms with E-state index in [0.717, 1.165) is 6.54 Å². The average molecular weight is 349 g/mol. The van der Waals surface area contributed by atoms with Crippen molar-refractivity contribution in [3.05, 3.63) is 46.8 Å². The number of halogens is 1. The van der Waals surface area contributed by atoms with Crippen LogP contribution in [0, 0.1) is 0 Å². The monoisotopic (exact) mass is 348 g/mol. The lowest BCUT2D eigenvalue weighted by Gasteiger charge is -2.01. The van der Waals surface area contributed by atoms with Crippen molar-refractivity contribution >= 4 is 39.7 Å². The lowest BCUT2D eigenvalue weighted by atomic mass is 10.4. The molecule has 0 aliphatic rings. The zero-order valence-corrected chi connectivity index (χ0v) is 13.7. The van der Waals surface area contributed by atoms with Crippen LogP contribution in [0.3, 0.4) is 0 Å². The minimum absolute atomic E-state index is 0.238. The van der Waals surface area contributed by atoms with Gasteiger partial charge < -0.3 is 10.6 Å². The molecule has 0 bridgehead atoms. The molecule has 0 atom stereocenters. The first kappa shape index (κ1) is 15.4. The van der Waals surface area contributed by atoms with Crippen molar-refractivity contribution in [2.45, 2.75) is 6.92 Å². The molecule has 0 radical (unpaired) electrons. The third-order valence-corrected chi connectivity index (χ3v) is 4.10. The maximum atomic E-state index is 12.2. The summed E-state index contributed by atoms with van der Waals surface area (Å²) < 4.78 is 1.51. The van der Waals surface area contributed by atoms with Crippen LogP contribution in [0.25, 0.3) is 5.82 Å².